The fraction of sp³-hybridized carbons (Fsp3) is 0.692. The molecule has 0 aliphatic heterocycles. The highest BCUT2D eigenvalue weighted by molar-refractivity contribution is 7.15. The zero-order chi connectivity index (χ0) is 14.1. The van der Waals surface area contributed by atoms with Crippen LogP contribution in [0.2, 0.25) is 0 Å². The van der Waals surface area contributed by atoms with Crippen LogP contribution in [0.25, 0.3) is 0 Å². The van der Waals surface area contributed by atoms with E-state index in [0.717, 1.165) is 17.0 Å². The van der Waals surface area contributed by atoms with Crippen molar-refractivity contribution in [3.8, 4) is 0 Å². The molecule has 1 amide bonds. The average molecular weight is 269 g/mol. The first kappa shape index (κ1) is 15.1. The van der Waals surface area contributed by atoms with E-state index in [1.165, 1.54) is 11.3 Å². The summed E-state index contributed by atoms with van der Waals surface area (Å²) >= 11 is 1.51. The summed E-state index contributed by atoms with van der Waals surface area (Å²) in [5, 5.41) is 3.53. The molecule has 0 aromatic carbocycles. The van der Waals surface area contributed by atoms with Gasteiger partial charge in [0.1, 0.15) is 0 Å². The van der Waals surface area contributed by atoms with Crippen LogP contribution < -0.4 is 11.1 Å². The fourth-order valence-corrected chi connectivity index (χ4v) is 2.25. The van der Waals surface area contributed by atoms with E-state index in [1.807, 2.05) is 34.6 Å². The molecule has 1 heterocycles. The van der Waals surface area contributed by atoms with E-state index >= 15 is 0 Å². The molecule has 0 unspecified atom stereocenters. The van der Waals surface area contributed by atoms with Crippen molar-refractivity contribution in [2.24, 2.45) is 11.1 Å². The SMILES string of the molecule is CCc1nc(NC(=O)C(C)(C)C(C)(C)N)sc1C. The number of nitrogens with two attached hydrogens (primary N) is 1. The maximum atomic E-state index is 12.3. The van der Waals surface area contributed by atoms with Gasteiger partial charge in [0.15, 0.2) is 5.13 Å². The third-order valence-corrected chi connectivity index (χ3v) is 4.56. The van der Waals surface area contributed by atoms with Gasteiger partial charge < -0.3 is 11.1 Å². The summed E-state index contributed by atoms with van der Waals surface area (Å²) in [4.78, 5) is 17.8. The van der Waals surface area contributed by atoms with Gasteiger partial charge in [-0.2, -0.15) is 0 Å². The van der Waals surface area contributed by atoms with Crippen molar-refractivity contribution < 1.29 is 4.79 Å². The second kappa shape index (κ2) is 4.97. The molecule has 0 atom stereocenters. The van der Waals surface area contributed by atoms with E-state index < -0.39 is 11.0 Å². The molecule has 5 heteroatoms. The third kappa shape index (κ3) is 2.90. The van der Waals surface area contributed by atoms with Gasteiger partial charge >= 0.3 is 0 Å². The maximum absolute atomic E-state index is 12.3. The van der Waals surface area contributed by atoms with Crippen molar-refractivity contribution in [1.29, 1.82) is 0 Å². The molecule has 0 aliphatic carbocycles. The highest BCUT2D eigenvalue weighted by Crippen LogP contribution is 2.31. The van der Waals surface area contributed by atoms with Crippen molar-refractivity contribution >= 4 is 22.4 Å². The first-order valence-corrected chi connectivity index (χ1v) is 6.98. The smallest absolute Gasteiger partial charge is 0.233 e. The number of carbonyl (C=O) groups excluding carboxylic acids is 1. The number of nitrogens with one attached hydrogen (secondary N) is 1. The summed E-state index contributed by atoms with van der Waals surface area (Å²) in [5.41, 5.74) is 5.85. The molecule has 1 aromatic heterocycles. The second-order valence-electron chi connectivity index (χ2n) is 5.68. The van der Waals surface area contributed by atoms with Gasteiger partial charge in [0.05, 0.1) is 11.1 Å². The Morgan fingerprint density at radius 3 is 2.33 bits per heavy atom. The minimum absolute atomic E-state index is 0.0913. The topological polar surface area (TPSA) is 68.0 Å². The van der Waals surface area contributed by atoms with Crippen LogP contribution >= 0.6 is 11.3 Å². The lowest BCUT2D eigenvalue weighted by Crippen LogP contribution is -2.53. The van der Waals surface area contributed by atoms with Crippen LogP contribution in [0.3, 0.4) is 0 Å². The molecule has 1 rings (SSSR count). The van der Waals surface area contributed by atoms with Gasteiger partial charge in [-0.3, -0.25) is 4.79 Å². The Balaban J connectivity index is 2.88. The number of anilines is 1. The van der Waals surface area contributed by atoms with E-state index in [4.69, 9.17) is 5.73 Å². The Hall–Kier alpha value is -0.940. The Kier molecular flexibility index (Phi) is 4.18. The Morgan fingerprint density at radius 1 is 1.39 bits per heavy atom. The van der Waals surface area contributed by atoms with Crippen LogP contribution in [0.1, 0.15) is 45.2 Å². The van der Waals surface area contributed by atoms with Crippen molar-refractivity contribution in [1.82, 2.24) is 4.98 Å². The normalized spacial score (nSPS) is 12.6. The fourth-order valence-electron chi connectivity index (χ4n) is 1.36. The first-order valence-electron chi connectivity index (χ1n) is 6.16. The first-order chi connectivity index (χ1) is 8.09. The van der Waals surface area contributed by atoms with E-state index in [-0.39, 0.29) is 5.91 Å². The van der Waals surface area contributed by atoms with Gasteiger partial charge in [-0.1, -0.05) is 6.92 Å². The van der Waals surface area contributed by atoms with Gasteiger partial charge in [0.25, 0.3) is 0 Å². The van der Waals surface area contributed by atoms with E-state index in [2.05, 4.69) is 17.2 Å². The number of amides is 1. The molecule has 1 aromatic rings. The maximum Gasteiger partial charge on any atom is 0.233 e. The summed E-state index contributed by atoms with van der Waals surface area (Å²) in [5.74, 6) is -0.0913. The Labute approximate surface area is 113 Å². The molecule has 0 spiro atoms. The highest BCUT2D eigenvalue weighted by atomic mass is 32.1. The number of rotatable bonds is 4. The quantitative estimate of drug-likeness (QED) is 0.883. The molecule has 0 bridgehead atoms. The summed E-state index contributed by atoms with van der Waals surface area (Å²) in [6, 6.07) is 0. The second-order valence-corrected chi connectivity index (χ2v) is 6.88. The van der Waals surface area contributed by atoms with Gasteiger partial charge in [-0.25, -0.2) is 4.98 Å². The lowest BCUT2D eigenvalue weighted by atomic mass is 9.74. The predicted molar refractivity (Wildman–Crippen MR) is 76.9 cm³/mol. The number of aryl methyl sites for hydroxylation is 2. The van der Waals surface area contributed by atoms with Gasteiger partial charge in [-0.15, -0.1) is 11.3 Å². The number of hydrogen-bond acceptors (Lipinski definition) is 4. The molecule has 18 heavy (non-hydrogen) atoms. The molecule has 0 saturated heterocycles. The van der Waals surface area contributed by atoms with Gasteiger partial charge in [-0.05, 0) is 41.0 Å². The molecule has 0 fully saturated rings. The molecular weight excluding hydrogens is 246 g/mol. The number of carbonyl (C=O) groups is 1. The Morgan fingerprint density at radius 2 is 1.94 bits per heavy atom. The minimum Gasteiger partial charge on any atom is -0.325 e. The van der Waals surface area contributed by atoms with Gasteiger partial charge in [0.2, 0.25) is 5.91 Å². The van der Waals surface area contributed by atoms with Crippen LogP contribution in [0.15, 0.2) is 0 Å². The van der Waals surface area contributed by atoms with Crippen LogP contribution in [-0.2, 0) is 11.2 Å². The number of hydrogen-bond donors (Lipinski definition) is 2. The molecule has 0 saturated carbocycles. The summed E-state index contributed by atoms with van der Waals surface area (Å²) in [7, 11) is 0. The predicted octanol–water partition coefficient (Wildman–Crippen LogP) is 2.72. The van der Waals surface area contributed by atoms with Crippen molar-refractivity contribution in [3.63, 3.8) is 0 Å². The Bertz CT molecular complexity index is 444. The van der Waals surface area contributed by atoms with Crippen LogP contribution in [0, 0.1) is 12.3 Å². The molecular formula is C13H23N3OS. The summed E-state index contributed by atoms with van der Waals surface area (Å²) in [6.45, 7) is 11.5. The molecule has 4 nitrogen and oxygen atoms in total. The van der Waals surface area contributed by atoms with Crippen LogP contribution in [0.4, 0.5) is 5.13 Å². The summed E-state index contributed by atoms with van der Waals surface area (Å²) in [6.07, 6.45) is 0.879. The third-order valence-electron chi connectivity index (χ3n) is 3.63. The summed E-state index contributed by atoms with van der Waals surface area (Å²) < 4.78 is 0. The van der Waals surface area contributed by atoms with Gasteiger partial charge in [0, 0.05) is 10.4 Å². The minimum atomic E-state index is -0.654. The number of thiazole rings is 1. The van der Waals surface area contributed by atoms with E-state index in [9.17, 15) is 4.79 Å². The lowest BCUT2D eigenvalue weighted by molar-refractivity contribution is -0.126. The molecule has 0 aliphatic rings. The zero-order valence-corrected chi connectivity index (χ0v) is 12.9. The lowest BCUT2D eigenvalue weighted by Gasteiger charge is -2.36. The standard InChI is InChI=1S/C13H23N3OS/c1-7-9-8(2)18-11(15-9)16-10(17)12(3,4)13(5,6)14/h7,14H2,1-6H3,(H,15,16,17). The zero-order valence-electron chi connectivity index (χ0n) is 12.0. The van der Waals surface area contributed by atoms with Crippen LogP contribution in [0.5, 0.6) is 0 Å². The number of nitrogens with zero attached hydrogens (tertiary/aromatic N) is 1. The van der Waals surface area contributed by atoms with Crippen LogP contribution in [-0.4, -0.2) is 16.4 Å². The average Bonchev–Trinajstić information content (AvgIpc) is 2.56. The van der Waals surface area contributed by atoms with E-state index in [1.54, 1.807) is 0 Å². The van der Waals surface area contributed by atoms with Crippen molar-refractivity contribution in [2.45, 2.75) is 53.5 Å². The monoisotopic (exact) mass is 269 g/mol. The number of aromatic nitrogens is 1. The molecule has 102 valence electrons. The van der Waals surface area contributed by atoms with E-state index in [0.29, 0.717) is 5.13 Å². The highest BCUT2D eigenvalue weighted by Gasteiger charge is 2.40. The molecule has 3 N–H and O–H groups in total. The van der Waals surface area contributed by atoms with Crippen molar-refractivity contribution in [2.75, 3.05) is 5.32 Å². The largest absolute Gasteiger partial charge is 0.325 e. The van der Waals surface area contributed by atoms with Crippen molar-refractivity contribution in [3.05, 3.63) is 10.6 Å². The molecule has 0 radical (unpaired) electrons.